The first kappa shape index (κ1) is 13.8. The number of rotatable bonds is 3. The van der Waals surface area contributed by atoms with E-state index in [1.807, 2.05) is 66.7 Å². The normalized spacial score (nSPS) is 12.5. The van der Waals surface area contributed by atoms with Crippen molar-refractivity contribution in [3.05, 3.63) is 95.6 Å². The zero-order valence-corrected chi connectivity index (χ0v) is 12.6. The highest BCUT2D eigenvalue weighted by atomic mass is 16.5. The van der Waals surface area contributed by atoms with Gasteiger partial charge in [-0.25, -0.2) is 0 Å². The number of carbonyl (C=O) groups is 1. The number of benzene rings is 3. The van der Waals surface area contributed by atoms with Crippen molar-refractivity contribution < 1.29 is 9.53 Å². The standard InChI is InChI=1S/C21H16O2/c22-20(14-15-8-2-1-3-9-15)23-21-18-12-6-4-10-16(18)17-11-5-7-13-19(17)21/h1-13,21H,14H2. The highest BCUT2D eigenvalue weighted by Gasteiger charge is 2.30. The summed E-state index contributed by atoms with van der Waals surface area (Å²) in [5, 5.41) is 0. The molecule has 0 atom stereocenters. The average Bonchev–Trinajstić information content (AvgIpc) is 2.90. The monoisotopic (exact) mass is 300 g/mol. The predicted molar refractivity (Wildman–Crippen MR) is 90.0 cm³/mol. The Kier molecular flexibility index (Phi) is 3.43. The lowest BCUT2D eigenvalue weighted by Gasteiger charge is -2.15. The van der Waals surface area contributed by atoms with E-state index in [9.17, 15) is 4.79 Å². The van der Waals surface area contributed by atoms with Gasteiger partial charge in [0.15, 0.2) is 6.10 Å². The van der Waals surface area contributed by atoms with Gasteiger partial charge in [0.1, 0.15) is 0 Å². The van der Waals surface area contributed by atoms with Crippen molar-refractivity contribution >= 4 is 5.97 Å². The fourth-order valence-corrected chi connectivity index (χ4v) is 3.17. The Morgan fingerprint density at radius 3 is 1.87 bits per heavy atom. The summed E-state index contributed by atoms with van der Waals surface area (Å²) in [5.74, 6) is -0.201. The van der Waals surface area contributed by atoms with Crippen molar-refractivity contribution in [3.63, 3.8) is 0 Å². The van der Waals surface area contributed by atoms with E-state index in [2.05, 4.69) is 12.1 Å². The molecule has 0 N–H and O–H groups in total. The Hall–Kier alpha value is -2.87. The molecule has 0 aromatic heterocycles. The Bertz CT molecular complexity index is 807. The molecule has 4 rings (SSSR count). The fourth-order valence-electron chi connectivity index (χ4n) is 3.17. The number of ether oxygens (including phenoxy) is 1. The topological polar surface area (TPSA) is 26.3 Å². The molecule has 1 aliphatic carbocycles. The van der Waals surface area contributed by atoms with Crippen LogP contribution in [-0.4, -0.2) is 5.97 Å². The van der Waals surface area contributed by atoms with Crippen LogP contribution in [0.5, 0.6) is 0 Å². The van der Waals surface area contributed by atoms with Crippen LogP contribution in [-0.2, 0) is 16.0 Å². The van der Waals surface area contributed by atoms with Crippen LogP contribution in [0.3, 0.4) is 0 Å². The summed E-state index contributed by atoms with van der Waals surface area (Å²) in [6.07, 6.45) is -0.0135. The smallest absolute Gasteiger partial charge is 0.311 e. The Morgan fingerprint density at radius 1 is 0.739 bits per heavy atom. The molecule has 2 nitrogen and oxygen atoms in total. The summed E-state index contributed by atoms with van der Waals surface area (Å²) >= 11 is 0. The summed E-state index contributed by atoms with van der Waals surface area (Å²) < 4.78 is 5.83. The van der Waals surface area contributed by atoms with Crippen LogP contribution in [0.1, 0.15) is 22.8 Å². The minimum Gasteiger partial charge on any atom is -0.452 e. The van der Waals surface area contributed by atoms with Crippen LogP contribution in [0.4, 0.5) is 0 Å². The summed E-state index contributed by atoms with van der Waals surface area (Å²) in [6.45, 7) is 0. The minimum atomic E-state index is -0.307. The maximum atomic E-state index is 12.4. The third-order valence-corrected chi connectivity index (χ3v) is 4.22. The summed E-state index contributed by atoms with van der Waals surface area (Å²) in [6, 6.07) is 25.9. The average molecular weight is 300 g/mol. The number of carbonyl (C=O) groups excluding carboxylic acids is 1. The fraction of sp³-hybridized carbons (Fsp3) is 0.0952. The van der Waals surface area contributed by atoms with Gasteiger partial charge >= 0.3 is 5.97 Å². The van der Waals surface area contributed by atoms with E-state index >= 15 is 0 Å². The van der Waals surface area contributed by atoms with Crippen molar-refractivity contribution in [2.45, 2.75) is 12.5 Å². The van der Waals surface area contributed by atoms with Gasteiger partial charge in [-0.3, -0.25) is 4.79 Å². The van der Waals surface area contributed by atoms with Crippen molar-refractivity contribution in [2.75, 3.05) is 0 Å². The van der Waals surface area contributed by atoms with Crippen LogP contribution in [0.2, 0.25) is 0 Å². The highest BCUT2D eigenvalue weighted by molar-refractivity contribution is 5.80. The Labute approximate surface area is 135 Å². The highest BCUT2D eigenvalue weighted by Crippen LogP contribution is 2.45. The molecule has 0 radical (unpaired) electrons. The molecule has 3 aromatic rings. The van der Waals surface area contributed by atoms with Crippen LogP contribution in [0.15, 0.2) is 78.9 Å². The van der Waals surface area contributed by atoms with E-state index in [0.717, 1.165) is 27.8 Å². The molecule has 0 amide bonds. The molecule has 0 fully saturated rings. The lowest BCUT2D eigenvalue weighted by atomic mass is 10.1. The third kappa shape index (κ3) is 2.53. The van der Waals surface area contributed by atoms with Crippen molar-refractivity contribution in [3.8, 4) is 11.1 Å². The second-order valence-corrected chi connectivity index (χ2v) is 5.71. The summed E-state index contributed by atoms with van der Waals surface area (Å²) in [5.41, 5.74) is 5.41. The van der Waals surface area contributed by atoms with E-state index in [-0.39, 0.29) is 12.1 Å². The van der Waals surface area contributed by atoms with Crippen LogP contribution >= 0.6 is 0 Å². The zero-order valence-electron chi connectivity index (χ0n) is 12.6. The van der Waals surface area contributed by atoms with Gasteiger partial charge in [0.05, 0.1) is 6.42 Å². The van der Waals surface area contributed by atoms with E-state index in [4.69, 9.17) is 4.74 Å². The van der Waals surface area contributed by atoms with Gasteiger partial charge in [0.2, 0.25) is 0 Å². The molecule has 2 heteroatoms. The Morgan fingerprint density at radius 2 is 1.26 bits per heavy atom. The number of esters is 1. The molecule has 0 aliphatic heterocycles. The first-order valence-electron chi connectivity index (χ1n) is 7.74. The van der Waals surface area contributed by atoms with Crippen molar-refractivity contribution in [1.82, 2.24) is 0 Å². The third-order valence-electron chi connectivity index (χ3n) is 4.22. The van der Waals surface area contributed by atoms with Crippen molar-refractivity contribution in [2.24, 2.45) is 0 Å². The molecule has 112 valence electrons. The van der Waals surface area contributed by atoms with Gasteiger partial charge in [-0.2, -0.15) is 0 Å². The van der Waals surface area contributed by atoms with Crippen LogP contribution < -0.4 is 0 Å². The van der Waals surface area contributed by atoms with Gasteiger partial charge in [0, 0.05) is 11.1 Å². The minimum absolute atomic E-state index is 0.201. The molecular weight excluding hydrogens is 284 g/mol. The molecule has 23 heavy (non-hydrogen) atoms. The number of fused-ring (bicyclic) bond motifs is 3. The number of hydrogen-bond acceptors (Lipinski definition) is 2. The first-order valence-corrected chi connectivity index (χ1v) is 7.74. The molecule has 0 unspecified atom stereocenters. The summed E-state index contributed by atoms with van der Waals surface area (Å²) in [7, 11) is 0. The van der Waals surface area contributed by atoms with Gasteiger partial charge in [-0.1, -0.05) is 78.9 Å². The molecule has 1 aliphatic rings. The Balaban J connectivity index is 1.63. The molecule has 0 bridgehead atoms. The van der Waals surface area contributed by atoms with E-state index in [1.165, 1.54) is 0 Å². The number of hydrogen-bond donors (Lipinski definition) is 0. The molecule has 0 saturated carbocycles. The molecule has 0 heterocycles. The molecule has 3 aromatic carbocycles. The second-order valence-electron chi connectivity index (χ2n) is 5.71. The van der Waals surface area contributed by atoms with Gasteiger partial charge in [0.25, 0.3) is 0 Å². The van der Waals surface area contributed by atoms with Crippen molar-refractivity contribution in [1.29, 1.82) is 0 Å². The first-order chi connectivity index (χ1) is 11.3. The van der Waals surface area contributed by atoms with Gasteiger partial charge in [-0.15, -0.1) is 0 Å². The van der Waals surface area contributed by atoms with E-state index in [1.54, 1.807) is 0 Å². The second kappa shape index (κ2) is 5.73. The van der Waals surface area contributed by atoms with Crippen LogP contribution in [0.25, 0.3) is 11.1 Å². The lowest BCUT2D eigenvalue weighted by molar-refractivity contribution is -0.146. The SMILES string of the molecule is O=C(Cc1ccccc1)OC1c2ccccc2-c2ccccc21. The molecular formula is C21H16O2. The summed E-state index contributed by atoms with van der Waals surface area (Å²) in [4.78, 5) is 12.4. The van der Waals surface area contributed by atoms with Crippen LogP contribution in [0, 0.1) is 0 Å². The van der Waals surface area contributed by atoms with E-state index in [0.29, 0.717) is 6.42 Å². The van der Waals surface area contributed by atoms with Gasteiger partial charge in [-0.05, 0) is 16.7 Å². The maximum Gasteiger partial charge on any atom is 0.311 e. The predicted octanol–water partition coefficient (Wildman–Crippen LogP) is 4.54. The molecule has 0 spiro atoms. The van der Waals surface area contributed by atoms with Gasteiger partial charge < -0.3 is 4.74 Å². The van der Waals surface area contributed by atoms with E-state index < -0.39 is 0 Å². The molecule has 0 saturated heterocycles. The largest absolute Gasteiger partial charge is 0.452 e. The zero-order chi connectivity index (χ0) is 15.6. The quantitative estimate of drug-likeness (QED) is 0.664. The maximum absolute atomic E-state index is 12.4. The lowest BCUT2D eigenvalue weighted by Crippen LogP contribution is -2.12.